The first-order valence-corrected chi connectivity index (χ1v) is 11.0. The molecule has 2 heterocycles. The second-order valence-corrected chi connectivity index (χ2v) is 8.18. The molecule has 2 saturated heterocycles. The third-order valence-corrected chi connectivity index (χ3v) is 5.77. The summed E-state index contributed by atoms with van der Waals surface area (Å²) in [5, 5.41) is 26.6. The highest BCUT2D eigenvalue weighted by atomic mass is 16.4. The lowest BCUT2D eigenvalue weighted by molar-refractivity contribution is -0.149. The van der Waals surface area contributed by atoms with Gasteiger partial charge in [0.05, 0.1) is 12.5 Å². The van der Waals surface area contributed by atoms with Gasteiger partial charge in [-0.15, -0.1) is 0 Å². The summed E-state index contributed by atoms with van der Waals surface area (Å²) in [6.07, 6.45) is 2.95. The van der Waals surface area contributed by atoms with Crippen LogP contribution in [-0.2, 0) is 24.0 Å². The van der Waals surface area contributed by atoms with E-state index < -0.39 is 60.2 Å². The van der Waals surface area contributed by atoms with Gasteiger partial charge in [-0.05, 0) is 58.0 Å². The van der Waals surface area contributed by atoms with E-state index >= 15 is 0 Å². The number of hydrogen-bond acceptors (Lipinski definition) is 7. The molecule has 4 atom stereocenters. The van der Waals surface area contributed by atoms with Crippen LogP contribution in [0.1, 0.15) is 51.4 Å². The minimum atomic E-state index is -1.36. The van der Waals surface area contributed by atoms with Crippen LogP contribution >= 0.6 is 0 Å². The summed E-state index contributed by atoms with van der Waals surface area (Å²) in [4.78, 5) is 62.3. The van der Waals surface area contributed by atoms with Crippen LogP contribution in [0.15, 0.2) is 0 Å². The molecule has 0 bridgehead atoms. The van der Waals surface area contributed by atoms with E-state index in [1.54, 1.807) is 0 Å². The van der Waals surface area contributed by atoms with Gasteiger partial charge in [-0.1, -0.05) is 0 Å². The molecule has 0 aromatic carbocycles. The number of amides is 3. The van der Waals surface area contributed by atoms with E-state index in [0.29, 0.717) is 45.2 Å². The van der Waals surface area contributed by atoms with Crippen LogP contribution in [0.25, 0.3) is 0 Å². The molecule has 7 N–H and O–H groups in total. The highest BCUT2D eigenvalue weighted by Gasteiger charge is 2.38. The Balaban J connectivity index is 2.11. The van der Waals surface area contributed by atoms with Crippen molar-refractivity contribution >= 4 is 29.7 Å². The summed E-state index contributed by atoms with van der Waals surface area (Å²) in [6, 6.07) is -3.85. The minimum absolute atomic E-state index is 0.225. The molecule has 0 radical (unpaired) electrons. The van der Waals surface area contributed by atoms with E-state index in [9.17, 15) is 34.2 Å². The van der Waals surface area contributed by atoms with E-state index in [0.717, 1.165) is 6.42 Å². The molecular weight excluding hydrogens is 422 g/mol. The lowest BCUT2D eigenvalue weighted by Gasteiger charge is -2.28. The number of aliphatic carboxylic acids is 2. The summed E-state index contributed by atoms with van der Waals surface area (Å²) in [7, 11) is 0. The number of nitrogens with one attached hydrogen (secondary N) is 3. The van der Waals surface area contributed by atoms with Gasteiger partial charge in [-0.2, -0.15) is 0 Å². The maximum Gasteiger partial charge on any atom is 0.326 e. The fraction of sp³-hybridized carbons (Fsp3) is 0.750. The SMILES string of the molecule is NCCCCC(NC(=O)C(CC(=O)O)NC(=O)C1CCCN1)C(=O)N1CCCC1C(=O)O. The molecule has 4 unspecified atom stereocenters. The zero-order valence-corrected chi connectivity index (χ0v) is 18.0. The predicted octanol–water partition coefficient (Wildman–Crippen LogP) is -1.61. The van der Waals surface area contributed by atoms with Gasteiger partial charge < -0.3 is 36.8 Å². The van der Waals surface area contributed by atoms with Gasteiger partial charge in [0.15, 0.2) is 0 Å². The number of likely N-dealkylation sites (tertiary alicyclic amines) is 1. The first kappa shape index (κ1) is 25.5. The highest BCUT2D eigenvalue weighted by Crippen LogP contribution is 2.20. The average molecular weight is 456 g/mol. The molecule has 0 aromatic heterocycles. The van der Waals surface area contributed by atoms with Crippen molar-refractivity contribution in [3.8, 4) is 0 Å². The molecule has 0 spiro atoms. The fourth-order valence-corrected chi connectivity index (χ4v) is 4.07. The van der Waals surface area contributed by atoms with Gasteiger partial charge in [0.25, 0.3) is 0 Å². The summed E-state index contributed by atoms with van der Waals surface area (Å²) in [5.41, 5.74) is 5.51. The Bertz CT molecular complexity index is 710. The molecule has 0 aromatic rings. The highest BCUT2D eigenvalue weighted by molar-refractivity contribution is 5.95. The van der Waals surface area contributed by atoms with E-state index in [-0.39, 0.29) is 13.0 Å². The van der Waals surface area contributed by atoms with Gasteiger partial charge in [0, 0.05) is 6.54 Å². The van der Waals surface area contributed by atoms with E-state index in [2.05, 4.69) is 16.0 Å². The van der Waals surface area contributed by atoms with Crippen molar-refractivity contribution in [2.75, 3.05) is 19.6 Å². The second-order valence-electron chi connectivity index (χ2n) is 8.18. The third kappa shape index (κ3) is 7.16. The molecule has 2 fully saturated rings. The van der Waals surface area contributed by atoms with Gasteiger partial charge in [0.2, 0.25) is 17.7 Å². The summed E-state index contributed by atoms with van der Waals surface area (Å²) in [6.45, 7) is 1.32. The van der Waals surface area contributed by atoms with Crippen molar-refractivity contribution in [3.63, 3.8) is 0 Å². The Labute approximate surface area is 186 Å². The van der Waals surface area contributed by atoms with E-state index in [1.165, 1.54) is 4.90 Å². The van der Waals surface area contributed by atoms with Gasteiger partial charge in [0.1, 0.15) is 18.1 Å². The Kier molecular flexibility index (Phi) is 9.85. The molecular formula is C20H33N5O7. The van der Waals surface area contributed by atoms with Crippen LogP contribution in [0, 0.1) is 0 Å². The number of carbonyl (C=O) groups excluding carboxylic acids is 3. The smallest absolute Gasteiger partial charge is 0.326 e. The first-order valence-electron chi connectivity index (χ1n) is 11.0. The standard InChI is InChI=1S/C20H33N5O7/c21-8-2-1-5-13(19(30)25-10-4-7-15(25)20(31)32)23-18(29)14(11-16(26)27)24-17(28)12-6-3-9-22-12/h12-15,22H,1-11,21H2,(H,23,29)(H,24,28)(H,26,27)(H,31,32). The van der Waals surface area contributed by atoms with Crippen molar-refractivity contribution in [2.45, 2.75) is 75.5 Å². The summed E-state index contributed by atoms with van der Waals surface area (Å²) in [5.74, 6) is -4.18. The number of nitrogens with two attached hydrogens (primary N) is 1. The number of carboxylic acid groups (broad SMARTS) is 2. The number of nitrogens with zero attached hydrogens (tertiary/aromatic N) is 1. The molecule has 2 aliphatic heterocycles. The lowest BCUT2D eigenvalue weighted by Crippen LogP contribution is -2.57. The Morgan fingerprint density at radius 2 is 1.78 bits per heavy atom. The molecule has 32 heavy (non-hydrogen) atoms. The van der Waals surface area contributed by atoms with Crippen molar-refractivity contribution in [1.29, 1.82) is 0 Å². The summed E-state index contributed by atoms with van der Waals surface area (Å²) < 4.78 is 0. The molecule has 0 aliphatic carbocycles. The van der Waals surface area contributed by atoms with Crippen LogP contribution in [-0.4, -0.2) is 88.6 Å². The second kappa shape index (κ2) is 12.3. The molecule has 2 aliphatic rings. The maximum atomic E-state index is 13.1. The van der Waals surface area contributed by atoms with Crippen LogP contribution in [0.4, 0.5) is 0 Å². The lowest BCUT2D eigenvalue weighted by atomic mass is 10.1. The van der Waals surface area contributed by atoms with Crippen molar-refractivity contribution in [3.05, 3.63) is 0 Å². The summed E-state index contributed by atoms with van der Waals surface area (Å²) >= 11 is 0. The molecule has 3 amide bonds. The fourth-order valence-electron chi connectivity index (χ4n) is 4.07. The van der Waals surface area contributed by atoms with Crippen LogP contribution in [0.5, 0.6) is 0 Å². The van der Waals surface area contributed by atoms with Crippen LogP contribution in [0.3, 0.4) is 0 Å². The van der Waals surface area contributed by atoms with Gasteiger partial charge in [-0.25, -0.2) is 4.79 Å². The maximum absolute atomic E-state index is 13.1. The minimum Gasteiger partial charge on any atom is -0.481 e. The first-order chi connectivity index (χ1) is 15.2. The van der Waals surface area contributed by atoms with Crippen molar-refractivity contribution < 1.29 is 34.2 Å². The molecule has 0 saturated carbocycles. The number of rotatable bonds is 12. The largest absolute Gasteiger partial charge is 0.481 e. The van der Waals surface area contributed by atoms with Crippen molar-refractivity contribution in [1.82, 2.24) is 20.9 Å². The monoisotopic (exact) mass is 455 g/mol. The molecule has 12 nitrogen and oxygen atoms in total. The zero-order valence-electron chi connectivity index (χ0n) is 18.0. The number of carbonyl (C=O) groups is 5. The topological polar surface area (TPSA) is 191 Å². The Morgan fingerprint density at radius 3 is 2.38 bits per heavy atom. The van der Waals surface area contributed by atoms with Crippen LogP contribution < -0.4 is 21.7 Å². The third-order valence-electron chi connectivity index (χ3n) is 5.77. The van der Waals surface area contributed by atoms with E-state index in [4.69, 9.17) is 5.73 Å². The predicted molar refractivity (Wildman–Crippen MR) is 112 cm³/mol. The van der Waals surface area contributed by atoms with E-state index in [1.807, 2.05) is 0 Å². The van der Waals surface area contributed by atoms with Gasteiger partial charge in [-0.3, -0.25) is 19.2 Å². The van der Waals surface area contributed by atoms with Gasteiger partial charge >= 0.3 is 11.9 Å². The average Bonchev–Trinajstić information content (AvgIpc) is 3.43. The van der Waals surface area contributed by atoms with Crippen LogP contribution in [0.2, 0.25) is 0 Å². The number of carboxylic acids is 2. The zero-order chi connectivity index (χ0) is 23.7. The Morgan fingerprint density at radius 1 is 1.03 bits per heavy atom. The molecule has 180 valence electrons. The number of unbranched alkanes of at least 4 members (excludes halogenated alkanes) is 1. The molecule has 2 rings (SSSR count). The quantitative estimate of drug-likeness (QED) is 0.188. The molecule has 12 heteroatoms. The Hall–Kier alpha value is -2.73. The number of hydrogen-bond donors (Lipinski definition) is 6. The normalized spacial score (nSPS) is 22.2. The van der Waals surface area contributed by atoms with Crippen molar-refractivity contribution in [2.24, 2.45) is 5.73 Å².